The van der Waals surface area contributed by atoms with Crippen molar-refractivity contribution in [2.45, 2.75) is 19.2 Å². The van der Waals surface area contributed by atoms with Gasteiger partial charge in [0.05, 0.1) is 16.3 Å². The topological polar surface area (TPSA) is 49.4 Å². The average molecular weight is 471 g/mol. The molecule has 31 heavy (non-hydrogen) atoms. The first-order chi connectivity index (χ1) is 14.8. The van der Waals surface area contributed by atoms with Crippen molar-refractivity contribution in [3.63, 3.8) is 0 Å². The van der Waals surface area contributed by atoms with Crippen molar-refractivity contribution in [2.24, 2.45) is 0 Å². The smallest absolute Gasteiger partial charge is 0.257 e. The molecule has 0 aromatic heterocycles. The number of nitrogens with one attached hydrogen (secondary N) is 1. The van der Waals surface area contributed by atoms with Crippen LogP contribution < -0.4 is 10.2 Å². The lowest BCUT2D eigenvalue weighted by molar-refractivity contribution is -0.115. The Morgan fingerprint density at radius 3 is 2.58 bits per heavy atom. The van der Waals surface area contributed by atoms with Gasteiger partial charge in [-0.15, -0.1) is 11.8 Å². The molecule has 158 valence electrons. The second-order valence-electron chi connectivity index (χ2n) is 7.40. The van der Waals surface area contributed by atoms with Crippen LogP contribution in [0.4, 0.5) is 11.4 Å². The number of carbonyl (C=O) groups is 2. The van der Waals surface area contributed by atoms with E-state index >= 15 is 0 Å². The van der Waals surface area contributed by atoms with Crippen molar-refractivity contribution in [3.8, 4) is 0 Å². The molecule has 3 aromatic carbocycles. The second kappa shape index (κ2) is 8.95. The van der Waals surface area contributed by atoms with Gasteiger partial charge in [-0.1, -0.05) is 41.4 Å². The minimum atomic E-state index is -0.319. The molecule has 1 unspecified atom stereocenters. The number of anilines is 2. The van der Waals surface area contributed by atoms with Gasteiger partial charge in [0.2, 0.25) is 5.91 Å². The van der Waals surface area contributed by atoms with E-state index in [1.807, 2.05) is 54.3 Å². The second-order valence-corrected chi connectivity index (χ2v) is 9.31. The Morgan fingerprint density at radius 1 is 1.03 bits per heavy atom. The summed E-state index contributed by atoms with van der Waals surface area (Å²) in [6.07, 6.45) is 0. The van der Waals surface area contributed by atoms with Gasteiger partial charge in [0.15, 0.2) is 0 Å². The molecule has 1 aliphatic rings. The Hall–Kier alpha value is -2.47. The van der Waals surface area contributed by atoms with Crippen LogP contribution >= 0.6 is 35.0 Å². The van der Waals surface area contributed by atoms with Crippen LogP contribution in [0.5, 0.6) is 0 Å². The number of amides is 2. The van der Waals surface area contributed by atoms with E-state index in [-0.39, 0.29) is 17.2 Å². The maximum atomic E-state index is 12.7. The molecule has 0 bridgehead atoms. The van der Waals surface area contributed by atoms with Crippen molar-refractivity contribution in [3.05, 3.63) is 93.0 Å². The van der Waals surface area contributed by atoms with Crippen LogP contribution in [0.1, 0.15) is 32.4 Å². The number of benzene rings is 3. The molecule has 0 aliphatic carbocycles. The summed E-state index contributed by atoms with van der Waals surface area (Å²) in [7, 11) is 0. The van der Waals surface area contributed by atoms with Gasteiger partial charge in [0.1, 0.15) is 5.37 Å². The number of aryl methyl sites for hydroxylation is 2. The van der Waals surface area contributed by atoms with Crippen LogP contribution in [0, 0.1) is 13.8 Å². The summed E-state index contributed by atoms with van der Waals surface area (Å²) in [5.41, 5.74) is 5.12. The Labute approximate surface area is 195 Å². The molecule has 0 saturated carbocycles. The maximum Gasteiger partial charge on any atom is 0.257 e. The van der Waals surface area contributed by atoms with Crippen LogP contribution in [0.25, 0.3) is 0 Å². The highest BCUT2D eigenvalue weighted by Crippen LogP contribution is 2.42. The molecule has 0 spiro atoms. The molecule has 0 radical (unpaired) electrons. The zero-order valence-corrected chi connectivity index (χ0v) is 19.3. The lowest BCUT2D eigenvalue weighted by atomic mass is 10.1. The summed E-state index contributed by atoms with van der Waals surface area (Å²) in [6.45, 7) is 4.09. The van der Waals surface area contributed by atoms with E-state index in [1.54, 1.807) is 23.9 Å². The van der Waals surface area contributed by atoms with Gasteiger partial charge in [-0.2, -0.15) is 0 Å². The van der Waals surface area contributed by atoms with Crippen LogP contribution in [-0.2, 0) is 4.79 Å². The number of hydrogen-bond acceptors (Lipinski definition) is 3. The zero-order valence-electron chi connectivity index (χ0n) is 17.0. The largest absolute Gasteiger partial charge is 0.322 e. The van der Waals surface area contributed by atoms with Crippen molar-refractivity contribution in [1.29, 1.82) is 0 Å². The van der Waals surface area contributed by atoms with E-state index in [0.29, 0.717) is 27.0 Å². The summed E-state index contributed by atoms with van der Waals surface area (Å²) in [5, 5.41) is 3.49. The molecule has 7 heteroatoms. The fraction of sp³-hybridized carbons (Fsp3) is 0.167. The molecule has 2 amide bonds. The van der Waals surface area contributed by atoms with E-state index in [9.17, 15) is 9.59 Å². The molecule has 1 saturated heterocycles. The summed E-state index contributed by atoms with van der Waals surface area (Å²) < 4.78 is 0. The van der Waals surface area contributed by atoms with E-state index in [4.69, 9.17) is 23.2 Å². The molecule has 1 fully saturated rings. The fourth-order valence-electron chi connectivity index (χ4n) is 3.47. The molecule has 3 aromatic rings. The van der Waals surface area contributed by atoms with Gasteiger partial charge in [-0.05, 0) is 73.0 Å². The van der Waals surface area contributed by atoms with Crippen molar-refractivity contribution in [2.75, 3.05) is 16.0 Å². The highest BCUT2D eigenvalue weighted by molar-refractivity contribution is 8.00. The molecular weight excluding hydrogens is 451 g/mol. The standard InChI is InChI=1S/C24H20Cl2N2O2S/c1-14-6-8-19(10-15(14)2)28-22(29)13-31-24(28)16-4-3-5-18(11-16)27-23(30)20-9-7-17(25)12-21(20)26/h3-12,24H,13H2,1-2H3,(H,27,30). The van der Waals surface area contributed by atoms with E-state index in [1.165, 1.54) is 11.6 Å². The molecule has 4 nitrogen and oxygen atoms in total. The van der Waals surface area contributed by atoms with Crippen molar-refractivity contribution in [1.82, 2.24) is 0 Å². The maximum absolute atomic E-state index is 12.7. The van der Waals surface area contributed by atoms with Crippen molar-refractivity contribution < 1.29 is 9.59 Å². The zero-order chi connectivity index (χ0) is 22.1. The molecule has 4 rings (SSSR count). The third-order valence-electron chi connectivity index (χ3n) is 5.24. The summed E-state index contributed by atoms with van der Waals surface area (Å²) in [5.74, 6) is 0.162. The third kappa shape index (κ3) is 4.59. The Morgan fingerprint density at radius 2 is 1.84 bits per heavy atom. The number of rotatable bonds is 4. The van der Waals surface area contributed by atoms with E-state index in [0.717, 1.165) is 16.8 Å². The van der Waals surface area contributed by atoms with E-state index < -0.39 is 0 Å². The monoisotopic (exact) mass is 470 g/mol. The highest BCUT2D eigenvalue weighted by atomic mass is 35.5. The summed E-state index contributed by atoms with van der Waals surface area (Å²) in [4.78, 5) is 27.2. The Kier molecular flexibility index (Phi) is 6.28. The molecule has 1 atom stereocenters. The van der Waals surface area contributed by atoms with Crippen LogP contribution in [0.15, 0.2) is 60.7 Å². The Bertz CT molecular complexity index is 1180. The first-order valence-electron chi connectivity index (χ1n) is 9.71. The normalized spacial score (nSPS) is 15.9. The van der Waals surface area contributed by atoms with E-state index in [2.05, 4.69) is 12.2 Å². The number of thioether (sulfide) groups is 1. The number of halogens is 2. The van der Waals surface area contributed by atoms with Gasteiger partial charge in [-0.25, -0.2) is 0 Å². The Balaban J connectivity index is 1.60. The minimum Gasteiger partial charge on any atom is -0.322 e. The third-order valence-corrected chi connectivity index (χ3v) is 7.00. The fourth-order valence-corrected chi connectivity index (χ4v) is 5.13. The average Bonchev–Trinajstić information content (AvgIpc) is 3.11. The predicted octanol–water partition coefficient (Wildman–Crippen LogP) is 6.64. The first kappa shape index (κ1) is 21.8. The van der Waals surface area contributed by atoms with Gasteiger partial charge in [0, 0.05) is 16.4 Å². The molecular formula is C24H20Cl2N2O2S. The van der Waals surface area contributed by atoms with Crippen LogP contribution in [-0.4, -0.2) is 17.6 Å². The molecule has 1 heterocycles. The number of nitrogens with zero attached hydrogens (tertiary/aromatic N) is 1. The lowest BCUT2D eigenvalue weighted by Crippen LogP contribution is -2.28. The lowest BCUT2D eigenvalue weighted by Gasteiger charge is -2.25. The van der Waals surface area contributed by atoms with Gasteiger partial charge in [-0.3, -0.25) is 14.5 Å². The van der Waals surface area contributed by atoms with Crippen molar-refractivity contribution >= 4 is 58.2 Å². The van der Waals surface area contributed by atoms with Gasteiger partial charge < -0.3 is 5.32 Å². The number of carbonyl (C=O) groups excluding carboxylic acids is 2. The van der Waals surface area contributed by atoms with Crippen LogP contribution in [0.3, 0.4) is 0 Å². The van der Waals surface area contributed by atoms with Crippen LogP contribution in [0.2, 0.25) is 10.0 Å². The predicted molar refractivity (Wildman–Crippen MR) is 129 cm³/mol. The quantitative estimate of drug-likeness (QED) is 0.464. The minimum absolute atomic E-state index is 0.0700. The first-order valence-corrected chi connectivity index (χ1v) is 11.5. The van der Waals surface area contributed by atoms with Gasteiger partial charge >= 0.3 is 0 Å². The summed E-state index contributed by atoms with van der Waals surface area (Å²) >= 11 is 13.7. The number of hydrogen-bond donors (Lipinski definition) is 1. The summed E-state index contributed by atoms with van der Waals surface area (Å²) in [6, 6.07) is 18.4. The highest BCUT2D eigenvalue weighted by Gasteiger charge is 2.34. The SMILES string of the molecule is Cc1ccc(N2C(=O)CSC2c2cccc(NC(=O)c3ccc(Cl)cc3Cl)c2)cc1C. The molecule has 1 N–H and O–H groups in total. The van der Waals surface area contributed by atoms with Gasteiger partial charge in [0.25, 0.3) is 5.91 Å². The molecule has 1 aliphatic heterocycles.